The lowest BCUT2D eigenvalue weighted by Gasteiger charge is -2.37. The van der Waals surface area contributed by atoms with Gasteiger partial charge < -0.3 is 20.1 Å². The lowest BCUT2D eigenvalue weighted by atomic mass is 10.1. The van der Waals surface area contributed by atoms with E-state index in [4.69, 9.17) is 4.74 Å². The molecule has 0 bridgehead atoms. The first-order chi connectivity index (χ1) is 13.9. The van der Waals surface area contributed by atoms with Gasteiger partial charge >= 0.3 is 0 Å². The molecule has 2 aromatic rings. The van der Waals surface area contributed by atoms with E-state index < -0.39 is 6.10 Å². The van der Waals surface area contributed by atoms with Gasteiger partial charge in [0.25, 0.3) is 0 Å². The van der Waals surface area contributed by atoms with E-state index in [1.807, 2.05) is 12.1 Å². The number of benzene rings is 2. The molecule has 29 heavy (non-hydrogen) atoms. The molecule has 2 N–H and O–H groups in total. The minimum absolute atomic E-state index is 0.150. The Labute approximate surface area is 173 Å². The van der Waals surface area contributed by atoms with Crippen LogP contribution in [-0.2, 0) is 4.79 Å². The summed E-state index contributed by atoms with van der Waals surface area (Å²) in [5.41, 5.74) is 4.58. The molecule has 0 aliphatic carbocycles. The average molecular weight is 398 g/mol. The van der Waals surface area contributed by atoms with Gasteiger partial charge in [-0.25, -0.2) is 0 Å². The van der Waals surface area contributed by atoms with Crippen molar-refractivity contribution < 1.29 is 14.6 Å². The van der Waals surface area contributed by atoms with Crippen molar-refractivity contribution >= 4 is 17.3 Å². The maximum absolute atomic E-state index is 11.3. The van der Waals surface area contributed by atoms with Gasteiger partial charge in [0.15, 0.2) is 0 Å². The zero-order chi connectivity index (χ0) is 20.8. The van der Waals surface area contributed by atoms with Crippen LogP contribution in [0, 0.1) is 13.8 Å². The fourth-order valence-corrected chi connectivity index (χ4v) is 3.67. The quantitative estimate of drug-likeness (QED) is 0.752. The Bertz CT molecular complexity index is 832. The van der Waals surface area contributed by atoms with E-state index in [-0.39, 0.29) is 12.5 Å². The summed E-state index contributed by atoms with van der Waals surface area (Å²) in [4.78, 5) is 16.0. The maximum atomic E-state index is 11.3. The number of amides is 1. The number of hydrogen-bond donors (Lipinski definition) is 2. The van der Waals surface area contributed by atoms with Crippen molar-refractivity contribution in [1.29, 1.82) is 0 Å². The lowest BCUT2D eigenvalue weighted by Crippen LogP contribution is -2.49. The van der Waals surface area contributed by atoms with E-state index in [1.165, 1.54) is 23.7 Å². The van der Waals surface area contributed by atoms with Crippen molar-refractivity contribution in [2.45, 2.75) is 26.9 Å². The number of anilines is 2. The molecule has 1 fully saturated rings. The second-order valence-electron chi connectivity index (χ2n) is 7.65. The summed E-state index contributed by atoms with van der Waals surface area (Å²) in [5, 5.41) is 13.2. The van der Waals surface area contributed by atoms with Crippen molar-refractivity contribution in [2.75, 3.05) is 49.5 Å². The number of aliphatic hydroxyl groups is 1. The molecule has 1 unspecified atom stereocenters. The fraction of sp³-hybridized carbons (Fsp3) is 0.435. The first-order valence-corrected chi connectivity index (χ1v) is 10.1. The van der Waals surface area contributed by atoms with Gasteiger partial charge in [0.2, 0.25) is 5.91 Å². The number of aliphatic hydroxyl groups excluding tert-OH is 1. The van der Waals surface area contributed by atoms with Gasteiger partial charge in [-0.15, -0.1) is 0 Å². The van der Waals surface area contributed by atoms with Crippen LogP contribution in [-0.4, -0.2) is 61.3 Å². The van der Waals surface area contributed by atoms with E-state index in [9.17, 15) is 9.90 Å². The highest BCUT2D eigenvalue weighted by atomic mass is 16.5. The SMILES string of the molecule is CC(=O)Nc1ccccc1OCC(O)CN1CCN(c2cccc(C)c2C)CC1. The van der Waals surface area contributed by atoms with Gasteiger partial charge in [0.1, 0.15) is 18.5 Å². The minimum Gasteiger partial charge on any atom is -0.489 e. The number of rotatable bonds is 7. The maximum Gasteiger partial charge on any atom is 0.221 e. The van der Waals surface area contributed by atoms with Crippen LogP contribution in [0.5, 0.6) is 5.75 Å². The minimum atomic E-state index is -0.590. The van der Waals surface area contributed by atoms with E-state index in [0.717, 1.165) is 26.2 Å². The van der Waals surface area contributed by atoms with Crippen molar-refractivity contribution in [3.63, 3.8) is 0 Å². The van der Waals surface area contributed by atoms with Crippen LogP contribution in [0.1, 0.15) is 18.1 Å². The Morgan fingerprint density at radius 3 is 2.55 bits per heavy atom. The number of aryl methyl sites for hydroxylation is 1. The number of nitrogens with one attached hydrogen (secondary N) is 1. The molecule has 1 amide bonds. The van der Waals surface area contributed by atoms with Crippen LogP contribution in [0.15, 0.2) is 42.5 Å². The predicted octanol–water partition coefficient (Wildman–Crippen LogP) is 2.82. The van der Waals surface area contributed by atoms with Crippen LogP contribution < -0.4 is 15.0 Å². The van der Waals surface area contributed by atoms with Gasteiger partial charge in [0, 0.05) is 45.3 Å². The third-order valence-corrected chi connectivity index (χ3v) is 5.39. The molecule has 6 heteroatoms. The zero-order valence-electron chi connectivity index (χ0n) is 17.5. The van der Waals surface area contributed by atoms with Crippen LogP contribution in [0.4, 0.5) is 11.4 Å². The lowest BCUT2D eigenvalue weighted by molar-refractivity contribution is -0.114. The van der Waals surface area contributed by atoms with Crippen LogP contribution in [0.25, 0.3) is 0 Å². The second kappa shape index (κ2) is 9.76. The molecule has 2 aromatic carbocycles. The molecule has 6 nitrogen and oxygen atoms in total. The van der Waals surface area contributed by atoms with E-state index >= 15 is 0 Å². The van der Waals surface area contributed by atoms with Crippen molar-refractivity contribution in [1.82, 2.24) is 4.90 Å². The molecule has 3 rings (SSSR count). The van der Waals surface area contributed by atoms with Crippen molar-refractivity contribution in [3.8, 4) is 5.75 Å². The molecular formula is C23H31N3O3. The van der Waals surface area contributed by atoms with Crippen molar-refractivity contribution in [3.05, 3.63) is 53.6 Å². The van der Waals surface area contributed by atoms with Crippen molar-refractivity contribution in [2.24, 2.45) is 0 Å². The van der Waals surface area contributed by atoms with E-state index in [2.05, 4.69) is 47.2 Å². The molecule has 0 aromatic heterocycles. The van der Waals surface area contributed by atoms with Gasteiger partial charge in [-0.05, 0) is 43.2 Å². The molecule has 1 aliphatic rings. The highest BCUT2D eigenvalue weighted by Gasteiger charge is 2.21. The Morgan fingerprint density at radius 2 is 1.83 bits per heavy atom. The third-order valence-electron chi connectivity index (χ3n) is 5.39. The van der Waals surface area contributed by atoms with E-state index in [0.29, 0.717) is 18.0 Å². The van der Waals surface area contributed by atoms with Gasteiger partial charge in [-0.1, -0.05) is 24.3 Å². The second-order valence-corrected chi connectivity index (χ2v) is 7.65. The Morgan fingerprint density at radius 1 is 1.10 bits per heavy atom. The molecule has 156 valence electrons. The van der Waals surface area contributed by atoms with E-state index in [1.54, 1.807) is 12.1 Å². The number of β-amino-alcohol motifs (C(OH)–C–C–N with tert-alkyl or cyclic N) is 1. The monoisotopic (exact) mass is 397 g/mol. The molecular weight excluding hydrogens is 366 g/mol. The third kappa shape index (κ3) is 5.71. The topological polar surface area (TPSA) is 65.0 Å². The molecule has 0 radical (unpaired) electrons. The standard InChI is InChI=1S/C23H31N3O3/c1-17-7-6-9-22(18(17)2)26-13-11-25(12-14-26)15-20(28)16-29-23-10-5-4-8-21(23)24-19(3)27/h4-10,20,28H,11-16H2,1-3H3,(H,24,27). The molecule has 0 spiro atoms. The molecule has 0 saturated carbocycles. The predicted molar refractivity (Wildman–Crippen MR) is 117 cm³/mol. The molecule has 1 heterocycles. The largest absolute Gasteiger partial charge is 0.489 e. The van der Waals surface area contributed by atoms with Gasteiger partial charge in [-0.3, -0.25) is 9.69 Å². The highest BCUT2D eigenvalue weighted by molar-refractivity contribution is 5.90. The average Bonchev–Trinajstić information content (AvgIpc) is 2.70. The summed E-state index contributed by atoms with van der Waals surface area (Å²) >= 11 is 0. The first-order valence-electron chi connectivity index (χ1n) is 10.1. The molecule has 1 aliphatic heterocycles. The number of carbonyl (C=O) groups excluding carboxylic acids is 1. The van der Waals surface area contributed by atoms with Gasteiger partial charge in [0.05, 0.1) is 5.69 Å². The molecule has 1 atom stereocenters. The highest BCUT2D eigenvalue weighted by Crippen LogP contribution is 2.25. The zero-order valence-corrected chi connectivity index (χ0v) is 17.5. The Kier molecular flexibility index (Phi) is 7.12. The summed E-state index contributed by atoms with van der Waals surface area (Å²) in [7, 11) is 0. The number of ether oxygens (including phenoxy) is 1. The Balaban J connectivity index is 1.47. The smallest absolute Gasteiger partial charge is 0.221 e. The fourth-order valence-electron chi connectivity index (χ4n) is 3.67. The summed E-state index contributed by atoms with van der Waals surface area (Å²) in [6.07, 6.45) is -0.590. The summed E-state index contributed by atoms with van der Waals surface area (Å²) in [6.45, 7) is 10.3. The normalized spacial score (nSPS) is 15.8. The van der Waals surface area contributed by atoms with Crippen LogP contribution in [0.3, 0.4) is 0 Å². The molecule has 1 saturated heterocycles. The van der Waals surface area contributed by atoms with Crippen LogP contribution >= 0.6 is 0 Å². The number of piperazine rings is 1. The van der Waals surface area contributed by atoms with Crippen LogP contribution in [0.2, 0.25) is 0 Å². The number of nitrogens with zero attached hydrogens (tertiary/aromatic N) is 2. The number of para-hydroxylation sites is 2. The number of hydrogen-bond acceptors (Lipinski definition) is 5. The summed E-state index contributed by atoms with van der Waals surface area (Å²) < 4.78 is 5.76. The summed E-state index contributed by atoms with van der Waals surface area (Å²) in [6, 6.07) is 13.7. The summed E-state index contributed by atoms with van der Waals surface area (Å²) in [5.74, 6) is 0.421. The Hall–Kier alpha value is -2.57. The first kappa shape index (κ1) is 21.1. The number of carbonyl (C=O) groups is 1. The van der Waals surface area contributed by atoms with Gasteiger partial charge in [-0.2, -0.15) is 0 Å².